The zero-order chi connectivity index (χ0) is 25.3. The molecule has 190 valence electrons. The van der Waals surface area contributed by atoms with Gasteiger partial charge in [0.25, 0.3) is 5.91 Å². The Balaban J connectivity index is 1.06. The van der Waals surface area contributed by atoms with E-state index in [1.54, 1.807) is 12.3 Å². The number of carbonyl (C=O) groups is 1. The molecule has 1 aromatic carbocycles. The Labute approximate surface area is 216 Å². The lowest BCUT2D eigenvalue weighted by atomic mass is 9.93. The summed E-state index contributed by atoms with van der Waals surface area (Å²) in [6.07, 6.45) is 4.20. The molecule has 0 spiro atoms. The average Bonchev–Trinajstić information content (AvgIpc) is 3.50. The molecule has 1 atom stereocenters. The average molecular weight is 499 g/mol. The fourth-order valence-electron chi connectivity index (χ4n) is 4.46. The van der Waals surface area contributed by atoms with Gasteiger partial charge in [-0.1, -0.05) is 36.4 Å². The second-order valence-electron chi connectivity index (χ2n) is 8.80. The summed E-state index contributed by atoms with van der Waals surface area (Å²) in [5, 5.41) is 11.4. The largest absolute Gasteiger partial charge is 0.469 e. The van der Waals surface area contributed by atoms with E-state index in [1.807, 2.05) is 60.8 Å². The maximum absolute atomic E-state index is 12.4. The van der Waals surface area contributed by atoms with Crippen LogP contribution in [0.15, 0.2) is 89.7 Å². The Morgan fingerprint density at radius 2 is 1.68 bits per heavy atom. The first-order valence-corrected chi connectivity index (χ1v) is 12.5. The van der Waals surface area contributed by atoms with E-state index in [1.165, 1.54) is 0 Å². The van der Waals surface area contributed by atoms with Crippen LogP contribution in [0.4, 0.5) is 11.6 Å². The van der Waals surface area contributed by atoms with E-state index in [0.29, 0.717) is 18.8 Å². The lowest BCUT2D eigenvalue weighted by Crippen LogP contribution is -2.47. The number of rotatable bonds is 10. The van der Waals surface area contributed by atoms with Gasteiger partial charge < -0.3 is 24.3 Å². The number of ether oxygens (including phenoxy) is 1. The molecular formula is C28H30N6O3. The lowest BCUT2D eigenvalue weighted by Gasteiger charge is -2.35. The number of furan rings is 1. The zero-order valence-corrected chi connectivity index (χ0v) is 20.6. The first kappa shape index (κ1) is 24.3. The number of nitrogens with zero attached hydrogens (tertiary/aromatic N) is 5. The Morgan fingerprint density at radius 1 is 0.892 bits per heavy atom. The van der Waals surface area contributed by atoms with Crippen molar-refractivity contribution in [3.05, 3.63) is 96.6 Å². The quantitative estimate of drug-likeness (QED) is 0.355. The van der Waals surface area contributed by atoms with Crippen molar-refractivity contribution in [1.82, 2.24) is 20.5 Å². The number of nitrogens with one attached hydrogen (secondary N) is 1. The maximum atomic E-state index is 12.4. The standard InChI is InChI=1S/C28H30N6O3/c35-27(30-15-13-23(24-9-6-20-36-24)22-7-2-1-3-8-22)21-37-28-12-11-26(31-32-28)34-18-16-33(17-19-34)25-10-4-5-14-29-25/h1-12,14,20,23H,13,15-19,21H2,(H,30,35)/t23-/m0/s1. The molecule has 1 N–H and O–H groups in total. The summed E-state index contributed by atoms with van der Waals surface area (Å²) in [6.45, 7) is 3.76. The van der Waals surface area contributed by atoms with Gasteiger partial charge in [0, 0.05) is 50.9 Å². The van der Waals surface area contributed by atoms with E-state index in [0.717, 1.165) is 49.1 Å². The molecule has 9 nitrogen and oxygen atoms in total. The molecule has 1 aliphatic heterocycles. The maximum Gasteiger partial charge on any atom is 0.258 e. The SMILES string of the molecule is O=C(COc1ccc(N2CCN(c3ccccn3)CC2)nn1)NCC[C@@H](c1ccccc1)c1ccco1. The van der Waals surface area contributed by atoms with Gasteiger partial charge in [-0.2, -0.15) is 0 Å². The van der Waals surface area contributed by atoms with Gasteiger partial charge in [-0.05, 0) is 42.3 Å². The van der Waals surface area contributed by atoms with Crippen molar-refractivity contribution >= 4 is 17.5 Å². The van der Waals surface area contributed by atoms with Crippen molar-refractivity contribution in [1.29, 1.82) is 0 Å². The summed E-state index contributed by atoms with van der Waals surface area (Å²) < 4.78 is 11.2. The van der Waals surface area contributed by atoms with Gasteiger partial charge >= 0.3 is 0 Å². The third-order valence-electron chi connectivity index (χ3n) is 6.40. The van der Waals surface area contributed by atoms with Crippen molar-refractivity contribution in [2.75, 3.05) is 49.1 Å². The second-order valence-corrected chi connectivity index (χ2v) is 8.80. The summed E-state index contributed by atoms with van der Waals surface area (Å²) in [5.74, 6) is 2.85. The van der Waals surface area contributed by atoms with Crippen LogP contribution in [0.1, 0.15) is 23.7 Å². The third-order valence-corrected chi connectivity index (χ3v) is 6.40. The van der Waals surface area contributed by atoms with Gasteiger partial charge in [0.15, 0.2) is 12.4 Å². The van der Waals surface area contributed by atoms with E-state index in [4.69, 9.17) is 9.15 Å². The summed E-state index contributed by atoms with van der Waals surface area (Å²) in [6, 6.07) is 23.6. The molecule has 0 unspecified atom stereocenters. The molecule has 4 aromatic rings. The lowest BCUT2D eigenvalue weighted by molar-refractivity contribution is -0.123. The highest BCUT2D eigenvalue weighted by atomic mass is 16.5. The van der Waals surface area contributed by atoms with Gasteiger partial charge in [-0.3, -0.25) is 4.79 Å². The number of piperazine rings is 1. The summed E-state index contributed by atoms with van der Waals surface area (Å²) in [5.41, 5.74) is 1.15. The van der Waals surface area contributed by atoms with Gasteiger partial charge in [-0.25, -0.2) is 4.98 Å². The molecule has 37 heavy (non-hydrogen) atoms. The van der Waals surface area contributed by atoms with Crippen LogP contribution in [0.5, 0.6) is 5.88 Å². The number of pyridine rings is 1. The van der Waals surface area contributed by atoms with Gasteiger partial charge in [0.05, 0.1) is 6.26 Å². The minimum absolute atomic E-state index is 0.0710. The van der Waals surface area contributed by atoms with Crippen LogP contribution >= 0.6 is 0 Å². The molecule has 9 heteroatoms. The molecule has 1 amide bonds. The Morgan fingerprint density at radius 3 is 2.35 bits per heavy atom. The highest BCUT2D eigenvalue weighted by molar-refractivity contribution is 5.77. The first-order chi connectivity index (χ1) is 18.3. The smallest absolute Gasteiger partial charge is 0.258 e. The van der Waals surface area contributed by atoms with Crippen molar-refractivity contribution in [2.45, 2.75) is 12.3 Å². The van der Waals surface area contributed by atoms with E-state index in [-0.39, 0.29) is 18.4 Å². The molecule has 3 aromatic heterocycles. The van der Waals surface area contributed by atoms with Crippen LogP contribution in [0.3, 0.4) is 0 Å². The van der Waals surface area contributed by atoms with E-state index in [2.05, 4.69) is 42.4 Å². The number of aromatic nitrogens is 3. The molecule has 0 aliphatic carbocycles. The van der Waals surface area contributed by atoms with Gasteiger partial charge in [0.2, 0.25) is 5.88 Å². The zero-order valence-electron chi connectivity index (χ0n) is 20.6. The number of amides is 1. The molecule has 0 saturated carbocycles. The van der Waals surface area contributed by atoms with E-state index >= 15 is 0 Å². The molecule has 1 aliphatic rings. The Bertz CT molecular complexity index is 1230. The van der Waals surface area contributed by atoms with Crippen LogP contribution in [-0.4, -0.2) is 60.4 Å². The topological polar surface area (TPSA) is 96.6 Å². The summed E-state index contributed by atoms with van der Waals surface area (Å²) >= 11 is 0. The molecule has 4 heterocycles. The normalized spacial score (nSPS) is 14.3. The second kappa shape index (κ2) is 12.0. The Kier molecular flexibility index (Phi) is 7.90. The van der Waals surface area contributed by atoms with Crippen LogP contribution in [0, 0.1) is 0 Å². The summed E-state index contributed by atoms with van der Waals surface area (Å²) in [4.78, 5) is 21.2. The molecule has 0 bridgehead atoms. The summed E-state index contributed by atoms with van der Waals surface area (Å²) in [7, 11) is 0. The highest BCUT2D eigenvalue weighted by Gasteiger charge is 2.20. The predicted molar refractivity (Wildman–Crippen MR) is 141 cm³/mol. The minimum atomic E-state index is -0.206. The van der Waals surface area contributed by atoms with Crippen molar-refractivity contribution < 1.29 is 13.9 Å². The molecule has 1 fully saturated rings. The van der Waals surface area contributed by atoms with E-state index < -0.39 is 0 Å². The van der Waals surface area contributed by atoms with Gasteiger partial charge in [0.1, 0.15) is 11.6 Å². The predicted octanol–water partition coefficient (Wildman–Crippen LogP) is 3.51. The third kappa shape index (κ3) is 6.43. The van der Waals surface area contributed by atoms with Crippen molar-refractivity contribution in [2.24, 2.45) is 0 Å². The number of hydrogen-bond acceptors (Lipinski definition) is 8. The number of benzene rings is 1. The van der Waals surface area contributed by atoms with Gasteiger partial charge in [-0.15, -0.1) is 10.2 Å². The fourth-order valence-corrected chi connectivity index (χ4v) is 4.46. The molecule has 0 radical (unpaired) electrons. The highest BCUT2D eigenvalue weighted by Crippen LogP contribution is 2.27. The van der Waals surface area contributed by atoms with Crippen molar-refractivity contribution in [3.63, 3.8) is 0 Å². The van der Waals surface area contributed by atoms with E-state index in [9.17, 15) is 4.79 Å². The van der Waals surface area contributed by atoms with Crippen LogP contribution < -0.4 is 19.9 Å². The molecular weight excluding hydrogens is 468 g/mol. The molecule has 1 saturated heterocycles. The van der Waals surface area contributed by atoms with Crippen LogP contribution in [0.25, 0.3) is 0 Å². The van der Waals surface area contributed by atoms with Crippen molar-refractivity contribution in [3.8, 4) is 5.88 Å². The Hall–Kier alpha value is -4.40. The monoisotopic (exact) mass is 498 g/mol. The number of carbonyl (C=O) groups excluding carboxylic acids is 1. The fraction of sp³-hybridized carbons (Fsp3) is 0.286. The first-order valence-electron chi connectivity index (χ1n) is 12.5. The number of anilines is 2. The van der Waals surface area contributed by atoms with Crippen LogP contribution in [-0.2, 0) is 4.79 Å². The number of hydrogen-bond donors (Lipinski definition) is 1. The molecule has 5 rings (SSSR count). The van der Waals surface area contributed by atoms with Crippen LogP contribution in [0.2, 0.25) is 0 Å². The minimum Gasteiger partial charge on any atom is -0.469 e.